The molecule has 1 fully saturated rings. The Kier molecular flexibility index (Phi) is 3.11. The van der Waals surface area contributed by atoms with Crippen molar-refractivity contribution in [1.29, 1.82) is 0 Å². The van der Waals surface area contributed by atoms with Gasteiger partial charge in [-0.05, 0) is 0 Å². The number of H-pyrrole nitrogens is 1. The predicted octanol–water partition coefficient (Wildman–Crippen LogP) is -2.85. The van der Waals surface area contributed by atoms with E-state index in [1.54, 1.807) is 0 Å². The summed E-state index contributed by atoms with van der Waals surface area (Å²) in [6, 6.07) is 1.09. The Balaban J connectivity index is 2.35. The van der Waals surface area contributed by atoms with Crippen LogP contribution in [0.15, 0.2) is 21.9 Å². The van der Waals surface area contributed by atoms with E-state index in [1.807, 2.05) is 4.98 Å². The minimum absolute atomic E-state index is 0.479. The van der Waals surface area contributed by atoms with E-state index in [9.17, 15) is 19.8 Å². The smallest absolute Gasteiger partial charge is 0.330 e. The second kappa shape index (κ2) is 4.41. The van der Waals surface area contributed by atoms with Gasteiger partial charge in [0.05, 0.1) is 6.61 Å². The first kappa shape index (κ1) is 12.0. The van der Waals surface area contributed by atoms with Crippen molar-refractivity contribution in [3.63, 3.8) is 0 Å². The molecule has 8 nitrogen and oxygen atoms in total. The number of ether oxygens (including phenoxy) is 1. The highest BCUT2D eigenvalue weighted by Crippen LogP contribution is 2.27. The number of aliphatic hydroxyl groups excluding tert-OH is 3. The van der Waals surface area contributed by atoms with Gasteiger partial charge >= 0.3 is 5.69 Å². The molecule has 4 N–H and O–H groups in total. The Morgan fingerprint density at radius 2 is 2.06 bits per heavy atom. The Morgan fingerprint density at radius 1 is 1.35 bits per heavy atom. The lowest BCUT2D eigenvalue weighted by molar-refractivity contribution is -0.0550. The molecule has 2 heterocycles. The van der Waals surface area contributed by atoms with Gasteiger partial charge in [0.1, 0.15) is 18.3 Å². The summed E-state index contributed by atoms with van der Waals surface area (Å²) in [4.78, 5) is 24.3. The monoisotopic (exact) mass is 244 g/mol. The van der Waals surface area contributed by atoms with E-state index < -0.39 is 42.4 Å². The molecule has 2 rings (SSSR count). The lowest BCUT2D eigenvalue weighted by Gasteiger charge is -2.16. The molecule has 1 saturated heterocycles. The average molecular weight is 244 g/mol. The van der Waals surface area contributed by atoms with Gasteiger partial charge in [-0.25, -0.2) is 4.79 Å². The Bertz CT molecular complexity index is 509. The Labute approximate surface area is 94.7 Å². The lowest BCUT2D eigenvalue weighted by atomic mass is 10.1. The van der Waals surface area contributed by atoms with Crippen molar-refractivity contribution in [2.24, 2.45) is 0 Å². The molecule has 94 valence electrons. The number of aromatic amines is 1. The van der Waals surface area contributed by atoms with Crippen LogP contribution in [0.25, 0.3) is 0 Å². The summed E-state index contributed by atoms with van der Waals surface area (Å²) in [6.07, 6.45) is -3.58. The molecular weight excluding hydrogens is 232 g/mol. The molecule has 0 aromatic carbocycles. The maximum Gasteiger partial charge on any atom is 0.330 e. The molecule has 0 bridgehead atoms. The number of hydrogen-bond acceptors (Lipinski definition) is 6. The summed E-state index contributed by atoms with van der Waals surface area (Å²) in [6.45, 7) is -0.479. The van der Waals surface area contributed by atoms with Gasteiger partial charge in [0.25, 0.3) is 5.56 Å². The van der Waals surface area contributed by atoms with Crippen molar-refractivity contribution in [2.45, 2.75) is 24.5 Å². The van der Waals surface area contributed by atoms with E-state index in [0.29, 0.717) is 0 Å². The van der Waals surface area contributed by atoms with Crippen LogP contribution in [0.5, 0.6) is 0 Å². The first-order valence-corrected chi connectivity index (χ1v) is 4.98. The van der Waals surface area contributed by atoms with Gasteiger partial charge in [0.15, 0.2) is 6.23 Å². The number of nitrogens with zero attached hydrogens (tertiary/aromatic N) is 1. The van der Waals surface area contributed by atoms with Crippen LogP contribution in [-0.4, -0.2) is 49.8 Å². The van der Waals surface area contributed by atoms with Crippen molar-refractivity contribution in [2.75, 3.05) is 6.61 Å². The van der Waals surface area contributed by atoms with Gasteiger partial charge in [-0.1, -0.05) is 0 Å². The Morgan fingerprint density at radius 3 is 2.59 bits per heavy atom. The van der Waals surface area contributed by atoms with E-state index in [-0.39, 0.29) is 0 Å². The van der Waals surface area contributed by atoms with Crippen molar-refractivity contribution in [1.82, 2.24) is 9.55 Å². The number of nitrogens with one attached hydrogen (secondary N) is 1. The molecule has 1 aliphatic rings. The molecule has 0 spiro atoms. The summed E-state index contributed by atoms with van der Waals surface area (Å²) in [5.74, 6) is 0. The first-order valence-electron chi connectivity index (χ1n) is 4.98. The van der Waals surface area contributed by atoms with Crippen LogP contribution < -0.4 is 11.2 Å². The maximum absolute atomic E-state index is 11.4. The minimum atomic E-state index is -1.35. The third-order valence-corrected chi connectivity index (χ3v) is 2.64. The molecule has 0 radical (unpaired) electrons. The number of aromatic nitrogens is 2. The average Bonchev–Trinajstić information content (AvgIpc) is 2.57. The van der Waals surface area contributed by atoms with Gasteiger partial charge < -0.3 is 20.1 Å². The second-order valence-electron chi connectivity index (χ2n) is 3.75. The fraction of sp³-hybridized carbons (Fsp3) is 0.556. The number of aliphatic hydroxyl groups is 3. The van der Waals surface area contributed by atoms with Crippen LogP contribution in [0.3, 0.4) is 0 Å². The highest BCUT2D eigenvalue weighted by atomic mass is 16.6. The summed E-state index contributed by atoms with van der Waals surface area (Å²) in [5, 5.41) is 28.1. The minimum Gasteiger partial charge on any atom is -0.394 e. The third kappa shape index (κ3) is 2.03. The fourth-order valence-electron chi connectivity index (χ4n) is 1.74. The van der Waals surface area contributed by atoms with Crippen molar-refractivity contribution in [3.05, 3.63) is 33.1 Å². The predicted molar refractivity (Wildman–Crippen MR) is 54.3 cm³/mol. The first-order chi connectivity index (χ1) is 8.04. The molecule has 0 aliphatic carbocycles. The van der Waals surface area contributed by atoms with Crippen molar-refractivity contribution < 1.29 is 20.1 Å². The maximum atomic E-state index is 11.4. The topological polar surface area (TPSA) is 125 Å². The summed E-state index contributed by atoms with van der Waals surface area (Å²) >= 11 is 0. The second-order valence-corrected chi connectivity index (χ2v) is 3.75. The van der Waals surface area contributed by atoms with Crippen LogP contribution in [0.1, 0.15) is 6.23 Å². The SMILES string of the molecule is O=c1ccn([C@@H]2O[C@H](CO)C(O)C2O)c(=O)[nH]1. The van der Waals surface area contributed by atoms with Crippen LogP contribution in [0.2, 0.25) is 0 Å². The molecule has 2 unspecified atom stereocenters. The van der Waals surface area contributed by atoms with Gasteiger partial charge in [-0.15, -0.1) is 0 Å². The van der Waals surface area contributed by atoms with Crippen LogP contribution in [-0.2, 0) is 4.74 Å². The summed E-state index contributed by atoms with van der Waals surface area (Å²) in [5.41, 5.74) is -1.33. The standard InChI is InChI=1S/C9H12N2O6/c12-3-4-6(14)7(15)8(17-4)11-2-1-5(13)10-9(11)16/h1-2,4,6-8,12,14-15H,3H2,(H,10,13,16)/t4-,6?,7?,8-/m1/s1. The van der Waals surface area contributed by atoms with E-state index >= 15 is 0 Å². The van der Waals surface area contributed by atoms with Crippen LogP contribution in [0, 0.1) is 0 Å². The molecule has 4 atom stereocenters. The van der Waals surface area contributed by atoms with Crippen molar-refractivity contribution in [3.8, 4) is 0 Å². The zero-order chi connectivity index (χ0) is 12.6. The molecule has 17 heavy (non-hydrogen) atoms. The molecule has 1 aromatic rings. The summed E-state index contributed by atoms with van der Waals surface area (Å²) < 4.78 is 6.08. The number of hydrogen-bond donors (Lipinski definition) is 4. The molecule has 1 aromatic heterocycles. The van der Waals surface area contributed by atoms with E-state index in [0.717, 1.165) is 16.8 Å². The zero-order valence-corrected chi connectivity index (χ0v) is 8.68. The van der Waals surface area contributed by atoms with E-state index in [1.165, 1.54) is 0 Å². The van der Waals surface area contributed by atoms with Crippen LogP contribution in [0.4, 0.5) is 0 Å². The highest BCUT2D eigenvalue weighted by molar-refractivity contribution is 4.92. The van der Waals surface area contributed by atoms with Crippen LogP contribution >= 0.6 is 0 Å². The quantitative estimate of drug-likeness (QED) is 0.444. The van der Waals surface area contributed by atoms with Crippen molar-refractivity contribution >= 4 is 0 Å². The Hall–Kier alpha value is -1.48. The van der Waals surface area contributed by atoms with Gasteiger partial charge in [0, 0.05) is 12.3 Å². The van der Waals surface area contributed by atoms with Gasteiger partial charge in [0.2, 0.25) is 0 Å². The fourth-order valence-corrected chi connectivity index (χ4v) is 1.74. The molecule has 0 saturated carbocycles. The lowest BCUT2D eigenvalue weighted by Crippen LogP contribution is -2.37. The summed E-state index contributed by atoms with van der Waals surface area (Å²) in [7, 11) is 0. The number of rotatable bonds is 2. The molecular formula is C9H12N2O6. The third-order valence-electron chi connectivity index (χ3n) is 2.64. The highest BCUT2D eigenvalue weighted by Gasteiger charge is 2.43. The molecule has 0 amide bonds. The largest absolute Gasteiger partial charge is 0.394 e. The van der Waals surface area contributed by atoms with E-state index in [4.69, 9.17) is 9.84 Å². The molecule has 1 aliphatic heterocycles. The normalized spacial score (nSPS) is 32.9. The van der Waals surface area contributed by atoms with Gasteiger partial charge in [-0.3, -0.25) is 14.3 Å². The van der Waals surface area contributed by atoms with E-state index in [2.05, 4.69) is 0 Å². The molecule has 8 heteroatoms. The zero-order valence-electron chi connectivity index (χ0n) is 8.68. The van der Waals surface area contributed by atoms with Gasteiger partial charge in [-0.2, -0.15) is 0 Å².